The fourth-order valence-corrected chi connectivity index (χ4v) is 1.94. The van der Waals surface area contributed by atoms with E-state index < -0.39 is 29.4 Å². The lowest BCUT2D eigenvalue weighted by atomic mass is 10.1. The van der Waals surface area contributed by atoms with Crippen molar-refractivity contribution in [3.8, 4) is 11.8 Å². The SMILES string of the molecule is O=C(NC(CO)C(=O)O)c1ccc(C#Cc2ccc([N+](=O)[O-])cc2)cc1. The molecule has 0 aliphatic heterocycles. The Morgan fingerprint density at radius 1 is 1.04 bits per heavy atom. The highest BCUT2D eigenvalue weighted by Crippen LogP contribution is 2.11. The summed E-state index contributed by atoms with van der Waals surface area (Å²) in [6, 6.07) is 10.5. The Kier molecular flexibility index (Phi) is 6.03. The topological polar surface area (TPSA) is 130 Å². The average molecular weight is 354 g/mol. The van der Waals surface area contributed by atoms with Crippen LogP contribution in [-0.4, -0.2) is 39.7 Å². The molecule has 0 radical (unpaired) electrons. The van der Waals surface area contributed by atoms with E-state index >= 15 is 0 Å². The molecule has 1 atom stereocenters. The number of aliphatic hydroxyl groups is 1. The number of nitrogens with one attached hydrogen (secondary N) is 1. The first-order valence-corrected chi connectivity index (χ1v) is 7.42. The summed E-state index contributed by atoms with van der Waals surface area (Å²) in [7, 11) is 0. The third-order valence-electron chi connectivity index (χ3n) is 3.36. The molecule has 1 unspecified atom stereocenters. The number of carboxylic acid groups (broad SMARTS) is 1. The number of carboxylic acids is 1. The van der Waals surface area contributed by atoms with Gasteiger partial charge in [0.2, 0.25) is 0 Å². The second kappa shape index (κ2) is 8.41. The maximum atomic E-state index is 11.9. The lowest BCUT2D eigenvalue weighted by molar-refractivity contribution is -0.384. The Labute approximate surface area is 148 Å². The van der Waals surface area contributed by atoms with Crippen molar-refractivity contribution >= 4 is 17.6 Å². The number of carbonyl (C=O) groups is 2. The van der Waals surface area contributed by atoms with Crippen LogP contribution in [0.4, 0.5) is 5.69 Å². The monoisotopic (exact) mass is 354 g/mol. The number of nitro groups is 1. The van der Waals surface area contributed by atoms with Crippen molar-refractivity contribution in [3.63, 3.8) is 0 Å². The molecule has 8 nitrogen and oxygen atoms in total. The number of hydrogen-bond acceptors (Lipinski definition) is 5. The zero-order chi connectivity index (χ0) is 19.1. The summed E-state index contributed by atoms with van der Waals surface area (Å²) in [5, 5.41) is 30.5. The Balaban J connectivity index is 2.07. The maximum absolute atomic E-state index is 11.9. The van der Waals surface area contributed by atoms with E-state index in [9.17, 15) is 19.7 Å². The summed E-state index contributed by atoms with van der Waals surface area (Å²) in [5.74, 6) is 3.76. The minimum absolute atomic E-state index is 0.0199. The molecular formula is C18H14N2O6. The number of aliphatic hydroxyl groups excluding tert-OH is 1. The van der Waals surface area contributed by atoms with Crippen molar-refractivity contribution in [3.05, 3.63) is 75.3 Å². The minimum Gasteiger partial charge on any atom is -0.480 e. The molecule has 0 fully saturated rings. The molecule has 0 bridgehead atoms. The van der Waals surface area contributed by atoms with Gasteiger partial charge in [-0.3, -0.25) is 14.9 Å². The van der Waals surface area contributed by atoms with Gasteiger partial charge in [0, 0.05) is 28.8 Å². The van der Waals surface area contributed by atoms with E-state index in [-0.39, 0.29) is 11.3 Å². The number of amides is 1. The third kappa shape index (κ3) is 4.90. The first-order chi connectivity index (χ1) is 12.4. The largest absolute Gasteiger partial charge is 0.480 e. The van der Waals surface area contributed by atoms with Crippen molar-refractivity contribution < 1.29 is 24.7 Å². The molecule has 0 aromatic heterocycles. The second-order valence-corrected chi connectivity index (χ2v) is 5.18. The molecule has 26 heavy (non-hydrogen) atoms. The van der Waals surface area contributed by atoms with Gasteiger partial charge in [0.25, 0.3) is 11.6 Å². The zero-order valence-corrected chi connectivity index (χ0v) is 13.4. The van der Waals surface area contributed by atoms with E-state index in [0.29, 0.717) is 11.1 Å². The van der Waals surface area contributed by atoms with Crippen LogP contribution in [0.5, 0.6) is 0 Å². The summed E-state index contributed by atoms with van der Waals surface area (Å²) in [6.45, 7) is -0.708. The Hall–Kier alpha value is -3.70. The molecule has 2 aromatic rings. The number of rotatable bonds is 5. The lowest BCUT2D eigenvalue weighted by Crippen LogP contribution is -2.43. The van der Waals surface area contributed by atoms with Crippen molar-refractivity contribution in [2.75, 3.05) is 6.61 Å². The molecule has 0 heterocycles. The van der Waals surface area contributed by atoms with E-state index in [0.717, 1.165) is 0 Å². The minimum atomic E-state index is -1.37. The van der Waals surface area contributed by atoms with Gasteiger partial charge in [-0.1, -0.05) is 11.8 Å². The molecule has 3 N–H and O–H groups in total. The zero-order valence-electron chi connectivity index (χ0n) is 13.4. The fraction of sp³-hybridized carbons (Fsp3) is 0.111. The highest BCUT2D eigenvalue weighted by atomic mass is 16.6. The summed E-state index contributed by atoms with van der Waals surface area (Å²) in [5.41, 5.74) is 1.42. The average Bonchev–Trinajstić information content (AvgIpc) is 2.64. The molecule has 0 spiro atoms. The van der Waals surface area contributed by atoms with Gasteiger partial charge in [0.1, 0.15) is 0 Å². The predicted molar refractivity (Wildman–Crippen MR) is 91.5 cm³/mol. The normalized spacial score (nSPS) is 11.0. The van der Waals surface area contributed by atoms with E-state index in [1.807, 2.05) is 0 Å². The highest BCUT2D eigenvalue weighted by Gasteiger charge is 2.19. The van der Waals surface area contributed by atoms with Crippen molar-refractivity contribution in [1.82, 2.24) is 5.32 Å². The molecule has 2 rings (SSSR count). The van der Waals surface area contributed by atoms with Crippen LogP contribution in [0.25, 0.3) is 0 Å². The van der Waals surface area contributed by atoms with Gasteiger partial charge in [-0.05, 0) is 36.4 Å². The first kappa shape index (κ1) is 18.6. The van der Waals surface area contributed by atoms with Gasteiger partial charge < -0.3 is 15.5 Å². The molecule has 1 amide bonds. The lowest BCUT2D eigenvalue weighted by Gasteiger charge is -2.11. The maximum Gasteiger partial charge on any atom is 0.328 e. The molecule has 0 aliphatic carbocycles. The predicted octanol–water partition coefficient (Wildman–Crippen LogP) is 1.17. The van der Waals surface area contributed by atoms with Gasteiger partial charge in [-0.15, -0.1) is 0 Å². The molecule has 0 saturated heterocycles. The number of benzene rings is 2. The molecular weight excluding hydrogens is 340 g/mol. The van der Waals surface area contributed by atoms with Gasteiger partial charge in [0.15, 0.2) is 6.04 Å². The Bertz CT molecular complexity index is 879. The number of nitrogens with zero attached hydrogens (tertiary/aromatic N) is 1. The van der Waals surface area contributed by atoms with Crippen molar-refractivity contribution in [2.45, 2.75) is 6.04 Å². The Morgan fingerprint density at radius 3 is 1.96 bits per heavy atom. The van der Waals surface area contributed by atoms with E-state index in [4.69, 9.17) is 10.2 Å². The third-order valence-corrected chi connectivity index (χ3v) is 3.36. The number of aliphatic carboxylic acids is 1. The van der Waals surface area contributed by atoms with Gasteiger partial charge in [-0.25, -0.2) is 4.79 Å². The molecule has 8 heteroatoms. The first-order valence-electron chi connectivity index (χ1n) is 7.42. The highest BCUT2D eigenvalue weighted by molar-refractivity contribution is 5.96. The molecule has 0 saturated carbocycles. The van der Waals surface area contributed by atoms with Gasteiger partial charge >= 0.3 is 5.97 Å². The van der Waals surface area contributed by atoms with E-state index in [1.54, 1.807) is 12.1 Å². The van der Waals surface area contributed by atoms with Crippen molar-refractivity contribution in [2.24, 2.45) is 0 Å². The van der Waals surface area contributed by atoms with Crippen LogP contribution >= 0.6 is 0 Å². The fourth-order valence-electron chi connectivity index (χ4n) is 1.94. The number of non-ortho nitro benzene ring substituents is 1. The summed E-state index contributed by atoms with van der Waals surface area (Å²) < 4.78 is 0. The van der Waals surface area contributed by atoms with Crippen LogP contribution in [0.3, 0.4) is 0 Å². The summed E-state index contributed by atoms with van der Waals surface area (Å²) in [4.78, 5) is 32.8. The molecule has 0 aliphatic rings. The summed E-state index contributed by atoms with van der Waals surface area (Å²) in [6.07, 6.45) is 0. The van der Waals surface area contributed by atoms with Crippen LogP contribution in [0.1, 0.15) is 21.5 Å². The number of nitro benzene ring substituents is 1. The molecule has 132 valence electrons. The van der Waals surface area contributed by atoms with Crippen LogP contribution in [0.15, 0.2) is 48.5 Å². The van der Waals surface area contributed by atoms with Gasteiger partial charge in [0.05, 0.1) is 11.5 Å². The molecule has 2 aromatic carbocycles. The smallest absolute Gasteiger partial charge is 0.328 e. The standard InChI is InChI=1S/C18H14N2O6/c21-11-16(18(23)24)19-17(22)14-7-3-12(4-8-14)1-2-13-5-9-15(10-6-13)20(25)26/h3-10,16,21H,11H2,(H,19,22)(H,23,24). The Morgan fingerprint density at radius 2 is 1.54 bits per heavy atom. The number of hydrogen-bond donors (Lipinski definition) is 3. The van der Waals surface area contributed by atoms with Gasteiger partial charge in [-0.2, -0.15) is 0 Å². The van der Waals surface area contributed by atoms with Crippen LogP contribution in [-0.2, 0) is 4.79 Å². The quantitative estimate of drug-likeness (QED) is 0.420. The van der Waals surface area contributed by atoms with E-state index in [2.05, 4.69) is 17.2 Å². The number of carbonyl (C=O) groups excluding carboxylic acids is 1. The van der Waals surface area contributed by atoms with Crippen LogP contribution in [0, 0.1) is 22.0 Å². The van der Waals surface area contributed by atoms with Crippen LogP contribution < -0.4 is 5.32 Å². The van der Waals surface area contributed by atoms with Crippen molar-refractivity contribution in [1.29, 1.82) is 0 Å². The summed E-state index contributed by atoms with van der Waals surface area (Å²) >= 11 is 0. The second-order valence-electron chi connectivity index (χ2n) is 5.18. The van der Waals surface area contributed by atoms with E-state index in [1.165, 1.54) is 36.4 Å². The van der Waals surface area contributed by atoms with Crippen LogP contribution in [0.2, 0.25) is 0 Å².